The van der Waals surface area contributed by atoms with Crippen LogP contribution in [0.3, 0.4) is 0 Å². The number of hydrogen-bond acceptors (Lipinski definition) is 0. The topological polar surface area (TPSA) is 0 Å². The molecule has 0 N–H and O–H groups in total. The van der Waals surface area contributed by atoms with Crippen LogP contribution in [0.5, 0.6) is 0 Å². The Labute approximate surface area is 102 Å². The first kappa shape index (κ1) is 22.5. The molecule has 0 amide bonds. The van der Waals surface area contributed by atoms with Crippen LogP contribution in [0.2, 0.25) is 0 Å². The Balaban J connectivity index is -0.0000000112. The molecule has 0 aliphatic heterocycles. The van der Waals surface area contributed by atoms with Crippen molar-refractivity contribution in [3.63, 3.8) is 0 Å². The molecule has 0 saturated heterocycles. The molecule has 0 spiro atoms. The number of unbranched alkanes of at least 4 members (excludes halogenated alkanes) is 2. The smallest absolute Gasteiger partial charge is 1.00 e. The summed E-state index contributed by atoms with van der Waals surface area (Å²) in [5.41, 5.74) is 0. The fraction of sp³-hybridized carbons (Fsp3) is 0.750. The molecule has 0 heterocycles. The summed E-state index contributed by atoms with van der Waals surface area (Å²) in [6, 6.07) is 0. The van der Waals surface area contributed by atoms with Gasteiger partial charge in [-0.05, 0) is 0 Å². The Morgan fingerprint density at radius 2 is 1.50 bits per heavy atom. The summed E-state index contributed by atoms with van der Waals surface area (Å²) >= 11 is 0. The van der Waals surface area contributed by atoms with Gasteiger partial charge < -0.3 is 16.2 Å². The molecule has 0 atom stereocenters. The predicted molar refractivity (Wildman–Crippen MR) is 54.3 cm³/mol. The number of hydrogen-bond donors (Lipinski definition) is 0. The van der Waals surface area contributed by atoms with Gasteiger partial charge >= 0.3 is 46.1 Å². The van der Waals surface area contributed by atoms with Crippen LogP contribution >= 0.6 is 0 Å². The zero-order valence-corrected chi connectivity index (χ0v) is 10.6. The van der Waals surface area contributed by atoms with E-state index in [4.69, 9.17) is 0 Å². The van der Waals surface area contributed by atoms with Gasteiger partial charge in [-0.2, -0.15) is 19.8 Å². The Bertz CT molecular complexity index is 23.0. The summed E-state index contributed by atoms with van der Waals surface area (Å²) in [7, 11) is 0. The van der Waals surface area contributed by atoms with Gasteiger partial charge in [-0.25, -0.2) is 0 Å². The van der Waals surface area contributed by atoms with Crippen LogP contribution in [0, 0.1) is 13.3 Å². The van der Waals surface area contributed by atoms with E-state index in [9.17, 15) is 0 Å². The first-order chi connectivity index (χ1) is 3.83. The van der Waals surface area contributed by atoms with Gasteiger partial charge in [0.05, 0.1) is 0 Å². The summed E-state index contributed by atoms with van der Waals surface area (Å²) in [6.07, 6.45) is 5.60. The van der Waals surface area contributed by atoms with E-state index in [1.165, 1.54) is 12.8 Å². The first-order valence-electron chi connectivity index (χ1n) is 3.40. The summed E-state index contributed by atoms with van der Waals surface area (Å²) in [4.78, 5) is 0. The van der Waals surface area contributed by atoms with E-state index in [0.29, 0.717) is 0 Å². The van der Waals surface area contributed by atoms with Gasteiger partial charge in [0.15, 0.2) is 0 Å². The van der Waals surface area contributed by atoms with Crippen LogP contribution in [0.1, 0.15) is 42.9 Å². The molecule has 0 aromatic heterocycles. The Morgan fingerprint density at radius 1 is 1.30 bits per heavy atom. The molecule has 0 fully saturated rings. The summed E-state index contributed by atoms with van der Waals surface area (Å²) in [5, 5.41) is 0. The summed E-state index contributed by atoms with van der Waals surface area (Å²) in [5.74, 6) is 0. The molecule has 10 heavy (non-hydrogen) atoms. The number of rotatable bonds is 2. The average molecular weight is 165 g/mol. The molecule has 0 saturated carbocycles. The molecular formula is C8H20Mg2. The quantitative estimate of drug-likeness (QED) is 0.435. The van der Waals surface area contributed by atoms with Crippen LogP contribution in [0.25, 0.3) is 0 Å². The molecular weight excluding hydrogens is 145 g/mol. The van der Waals surface area contributed by atoms with Crippen LogP contribution in [-0.4, -0.2) is 46.1 Å². The van der Waals surface area contributed by atoms with Gasteiger partial charge in [-0.1, -0.05) is 20.3 Å². The fourth-order valence-corrected chi connectivity index (χ4v) is 0. The minimum atomic E-state index is 0. The van der Waals surface area contributed by atoms with Crippen molar-refractivity contribution in [2.45, 2.75) is 40.0 Å². The van der Waals surface area contributed by atoms with E-state index in [-0.39, 0.29) is 49.0 Å². The van der Waals surface area contributed by atoms with E-state index in [1.807, 2.05) is 0 Å². The van der Waals surface area contributed by atoms with Crippen molar-refractivity contribution in [3.8, 4) is 0 Å². The van der Waals surface area contributed by atoms with E-state index in [0.717, 1.165) is 6.42 Å². The summed E-state index contributed by atoms with van der Waals surface area (Å²) < 4.78 is 0. The largest absolute Gasteiger partial charge is 2.00 e. The van der Waals surface area contributed by atoms with E-state index in [2.05, 4.69) is 34.1 Å². The zero-order valence-electron chi connectivity index (χ0n) is 9.82. The SMILES string of the molecule is C[CH-]CC.[CH2-]CCC.[H-].[H-].[Mg+2].[Mg+2]. The second-order valence-electron chi connectivity index (χ2n) is 1.67. The van der Waals surface area contributed by atoms with Gasteiger partial charge in [0, 0.05) is 0 Å². The Kier molecular flexibility index (Phi) is 70.5. The zero-order chi connectivity index (χ0) is 6.83. The first-order valence-corrected chi connectivity index (χ1v) is 3.40. The van der Waals surface area contributed by atoms with Crippen molar-refractivity contribution in [1.82, 2.24) is 0 Å². The van der Waals surface area contributed by atoms with Gasteiger partial charge in [-0.15, -0.1) is 0 Å². The molecule has 0 bridgehead atoms. The Hall–Kier alpha value is 1.53. The third kappa shape index (κ3) is 55.6. The molecule has 2 heteroatoms. The normalized spacial score (nSPS) is 6.00. The monoisotopic (exact) mass is 164 g/mol. The molecule has 0 aromatic rings. The molecule has 0 aliphatic carbocycles. The van der Waals surface area contributed by atoms with Crippen LogP contribution < -0.4 is 0 Å². The van der Waals surface area contributed by atoms with E-state index >= 15 is 0 Å². The van der Waals surface area contributed by atoms with Gasteiger partial charge in [0.1, 0.15) is 0 Å². The second kappa shape index (κ2) is 31.3. The average Bonchev–Trinajstić information content (AvgIpc) is 1.88. The van der Waals surface area contributed by atoms with Crippen molar-refractivity contribution in [3.05, 3.63) is 13.3 Å². The molecule has 0 aromatic carbocycles. The van der Waals surface area contributed by atoms with Crippen molar-refractivity contribution in [2.75, 3.05) is 0 Å². The van der Waals surface area contributed by atoms with Crippen molar-refractivity contribution >= 4 is 46.1 Å². The van der Waals surface area contributed by atoms with Gasteiger partial charge in [-0.3, -0.25) is 0 Å². The van der Waals surface area contributed by atoms with E-state index in [1.54, 1.807) is 0 Å². The van der Waals surface area contributed by atoms with Crippen LogP contribution in [0.15, 0.2) is 0 Å². The standard InChI is InChI=1S/2C4H9.2Mg.2H/c2*1-3-4-2;;;;/h3H,4H2,1-2H3;1,3-4H2,2H3;;;;/q2*-1;2*+2;2*-1. The molecule has 0 rings (SSSR count). The third-order valence-electron chi connectivity index (χ3n) is 0.762. The molecule has 56 valence electrons. The van der Waals surface area contributed by atoms with Crippen molar-refractivity contribution in [1.29, 1.82) is 0 Å². The molecule has 0 radical (unpaired) electrons. The maximum atomic E-state index is 3.60. The minimum absolute atomic E-state index is 0. The van der Waals surface area contributed by atoms with Crippen LogP contribution in [0.4, 0.5) is 0 Å². The second-order valence-corrected chi connectivity index (χ2v) is 1.67. The third-order valence-corrected chi connectivity index (χ3v) is 0.762. The molecule has 0 nitrogen and oxygen atoms in total. The maximum absolute atomic E-state index is 3.60. The van der Waals surface area contributed by atoms with Crippen molar-refractivity contribution < 1.29 is 2.85 Å². The van der Waals surface area contributed by atoms with E-state index < -0.39 is 0 Å². The van der Waals surface area contributed by atoms with Gasteiger partial charge in [0.2, 0.25) is 0 Å². The molecule has 0 unspecified atom stereocenters. The minimum Gasteiger partial charge on any atom is -1.00 e. The molecule has 0 aliphatic rings. The summed E-state index contributed by atoms with van der Waals surface area (Å²) in [6.45, 7) is 9.90. The fourth-order valence-electron chi connectivity index (χ4n) is 0. The predicted octanol–water partition coefficient (Wildman–Crippen LogP) is 2.70. The van der Waals surface area contributed by atoms with Crippen molar-refractivity contribution in [2.24, 2.45) is 0 Å². The van der Waals surface area contributed by atoms with Crippen LogP contribution in [-0.2, 0) is 0 Å². The Morgan fingerprint density at radius 3 is 1.50 bits per heavy atom. The maximum Gasteiger partial charge on any atom is 2.00 e. The van der Waals surface area contributed by atoms with Gasteiger partial charge in [0.25, 0.3) is 0 Å².